The summed E-state index contributed by atoms with van der Waals surface area (Å²) in [6.07, 6.45) is 1.04. The highest BCUT2D eigenvalue weighted by Crippen LogP contribution is 2.23. The van der Waals surface area contributed by atoms with Crippen molar-refractivity contribution < 1.29 is 4.74 Å². The number of aryl methyl sites for hydroxylation is 1. The van der Waals surface area contributed by atoms with Crippen LogP contribution < -0.4 is 5.32 Å². The second kappa shape index (κ2) is 6.08. The van der Waals surface area contributed by atoms with E-state index in [1.807, 2.05) is 12.1 Å². The average molecular weight is 336 g/mol. The standard InChI is InChI=1S/C15H18BrN3O/c1-10-15(11-2-4-12(16)5-3-11)19-14(18-10)8-13-9-17-6-7-20-13/h2-5,13,17H,6-9H2,1H3,(H,18,19). The third-order valence-electron chi connectivity index (χ3n) is 3.48. The first-order valence-corrected chi connectivity index (χ1v) is 7.65. The summed E-state index contributed by atoms with van der Waals surface area (Å²) in [6, 6.07) is 8.24. The molecule has 0 aliphatic carbocycles. The Balaban J connectivity index is 1.78. The molecule has 2 heterocycles. The fourth-order valence-electron chi connectivity index (χ4n) is 2.47. The van der Waals surface area contributed by atoms with Crippen LogP contribution >= 0.6 is 15.9 Å². The van der Waals surface area contributed by atoms with Crippen LogP contribution in [-0.2, 0) is 11.2 Å². The molecular weight excluding hydrogens is 318 g/mol. The second-order valence-electron chi connectivity index (χ2n) is 5.07. The Morgan fingerprint density at radius 2 is 2.15 bits per heavy atom. The van der Waals surface area contributed by atoms with E-state index in [-0.39, 0.29) is 6.10 Å². The molecule has 1 aliphatic rings. The van der Waals surface area contributed by atoms with Gasteiger partial charge in [-0.05, 0) is 19.1 Å². The fourth-order valence-corrected chi connectivity index (χ4v) is 2.74. The molecule has 3 rings (SSSR count). The highest BCUT2D eigenvalue weighted by Gasteiger charge is 2.17. The summed E-state index contributed by atoms with van der Waals surface area (Å²) < 4.78 is 6.80. The third kappa shape index (κ3) is 3.11. The summed E-state index contributed by atoms with van der Waals surface area (Å²) in [5.41, 5.74) is 3.26. The monoisotopic (exact) mass is 335 g/mol. The minimum absolute atomic E-state index is 0.215. The minimum Gasteiger partial charge on any atom is -0.375 e. The van der Waals surface area contributed by atoms with Crippen molar-refractivity contribution in [3.8, 4) is 11.3 Å². The van der Waals surface area contributed by atoms with Crippen LogP contribution in [0.5, 0.6) is 0 Å². The Labute approximate surface area is 127 Å². The number of hydrogen-bond donors (Lipinski definition) is 2. The van der Waals surface area contributed by atoms with Gasteiger partial charge in [-0.15, -0.1) is 0 Å². The molecule has 5 heteroatoms. The molecule has 1 saturated heterocycles. The van der Waals surface area contributed by atoms with E-state index in [9.17, 15) is 0 Å². The van der Waals surface area contributed by atoms with Gasteiger partial charge < -0.3 is 15.0 Å². The van der Waals surface area contributed by atoms with Gasteiger partial charge in [0.05, 0.1) is 18.4 Å². The average Bonchev–Trinajstić information content (AvgIpc) is 2.81. The molecule has 1 fully saturated rings. The first kappa shape index (κ1) is 13.8. The largest absolute Gasteiger partial charge is 0.375 e. The van der Waals surface area contributed by atoms with Gasteiger partial charge in [0.15, 0.2) is 0 Å². The number of rotatable bonds is 3. The van der Waals surface area contributed by atoms with Crippen molar-refractivity contribution >= 4 is 15.9 Å². The maximum Gasteiger partial charge on any atom is 0.109 e. The van der Waals surface area contributed by atoms with Crippen LogP contribution in [0.1, 0.15) is 11.5 Å². The van der Waals surface area contributed by atoms with E-state index in [1.54, 1.807) is 0 Å². The Kier molecular flexibility index (Phi) is 4.19. The van der Waals surface area contributed by atoms with Crippen molar-refractivity contribution in [1.82, 2.24) is 15.3 Å². The SMILES string of the molecule is Cc1[nH]c(CC2CNCCO2)nc1-c1ccc(Br)cc1. The van der Waals surface area contributed by atoms with Crippen LogP contribution in [0.4, 0.5) is 0 Å². The summed E-state index contributed by atoms with van der Waals surface area (Å²) in [5, 5.41) is 3.34. The number of imidazole rings is 1. The number of H-pyrrole nitrogens is 1. The Morgan fingerprint density at radius 3 is 2.85 bits per heavy atom. The van der Waals surface area contributed by atoms with E-state index in [2.05, 4.69) is 45.3 Å². The molecule has 0 bridgehead atoms. The number of aromatic nitrogens is 2. The van der Waals surface area contributed by atoms with Crippen molar-refractivity contribution in [3.05, 3.63) is 40.3 Å². The minimum atomic E-state index is 0.215. The zero-order valence-corrected chi connectivity index (χ0v) is 13.0. The number of benzene rings is 1. The summed E-state index contributed by atoms with van der Waals surface area (Å²) in [6.45, 7) is 4.68. The lowest BCUT2D eigenvalue weighted by Crippen LogP contribution is -2.39. The zero-order chi connectivity index (χ0) is 13.9. The van der Waals surface area contributed by atoms with Crippen molar-refractivity contribution in [2.75, 3.05) is 19.7 Å². The molecule has 0 radical (unpaired) electrons. The molecule has 20 heavy (non-hydrogen) atoms. The van der Waals surface area contributed by atoms with Gasteiger partial charge in [-0.2, -0.15) is 0 Å². The molecule has 0 saturated carbocycles. The quantitative estimate of drug-likeness (QED) is 0.906. The van der Waals surface area contributed by atoms with Crippen molar-refractivity contribution in [2.24, 2.45) is 0 Å². The van der Waals surface area contributed by atoms with Crippen molar-refractivity contribution in [3.63, 3.8) is 0 Å². The highest BCUT2D eigenvalue weighted by atomic mass is 79.9. The molecule has 1 aromatic heterocycles. The number of nitrogens with zero attached hydrogens (tertiary/aromatic N) is 1. The Hall–Kier alpha value is -1.17. The molecule has 2 N–H and O–H groups in total. The zero-order valence-electron chi connectivity index (χ0n) is 11.4. The summed E-state index contributed by atoms with van der Waals surface area (Å²) in [7, 11) is 0. The first-order chi connectivity index (χ1) is 9.72. The van der Waals surface area contributed by atoms with Gasteiger partial charge in [-0.25, -0.2) is 4.98 Å². The molecule has 106 valence electrons. The summed E-state index contributed by atoms with van der Waals surface area (Å²) in [5.74, 6) is 0.995. The lowest BCUT2D eigenvalue weighted by Gasteiger charge is -2.22. The van der Waals surface area contributed by atoms with E-state index in [4.69, 9.17) is 9.72 Å². The van der Waals surface area contributed by atoms with E-state index in [0.717, 1.165) is 53.4 Å². The van der Waals surface area contributed by atoms with Crippen LogP contribution in [-0.4, -0.2) is 35.8 Å². The predicted molar refractivity (Wildman–Crippen MR) is 82.8 cm³/mol. The van der Waals surface area contributed by atoms with Gasteiger partial charge in [0.2, 0.25) is 0 Å². The van der Waals surface area contributed by atoms with E-state index >= 15 is 0 Å². The normalized spacial score (nSPS) is 19.2. The van der Waals surface area contributed by atoms with E-state index in [1.165, 1.54) is 0 Å². The van der Waals surface area contributed by atoms with Crippen molar-refractivity contribution in [2.45, 2.75) is 19.4 Å². The van der Waals surface area contributed by atoms with Gasteiger partial charge in [-0.3, -0.25) is 0 Å². The maximum atomic E-state index is 5.72. The molecule has 2 aromatic rings. The molecule has 4 nitrogen and oxygen atoms in total. The van der Waals surface area contributed by atoms with Gasteiger partial charge in [0.1, 0.15) is 5.82 Å². The van der Waals surface area contributed by atoms with E-state index in [0.29, 0.717) is 0 Å². The lowest BCUT2D eigenvalue weighted by atomic mass is 10.1. The molecule has 1 aliphatic heterocycles. The van der Waals surface area contributed by atoms with E-state index < -0.39 is 0 Å². The second-order valence-corrected chi connectivity index (χ2v) is 5.98. The van der Waals surface area contributed by atoms with Gasteiger partial charge in [0, 0.05) is 35.2 Å². The molecule has 1 unspecified atom stereocenters. The molecule has 0 spiro atoms. The topological polar surface area (TPSA) is 49.9 Å². The third-order valence-corrected chi connectivity index (χ3v) is 4.01. The smallest absolute Gasteiger partial charge is 0.109 e. The Morgan fingerprint density at radius 1 is 1.35 bits per heavy atom. The van der Waals surface area contributed by atoms with Crippen molar-refractivity contribution in [1.29, 1.82) is 0 Å². The number of morpholine rings is 1. The Bertz CT molecular complexity index is 573. The summed E-state index contributed by atoms with van der Waals surface area (Å²) >= 11 is 3.46. The number of aromatic amines is 1. The predicted octanol–water partition coefficient (Wildman–Crippen LogP) is 2.68. The maximum absolute atomic E-state index is 5.72. The van der Waals surface area contributed by atoms with Gasteiger partial charge >= 0.3 is 0 Å². The van der Waals surface area contributed by atoms with Crippen LogP contribution in [0.25, 0.3) is 11.3 Å². The van der Waals surface area contributed by atoms with Crippen LogP contribution in [0, 0.1) is 6.92 Å². The number of hydrogen-bond acceptors (Lipinski definition) is 3. The van der Waals surface area contributed by atoms with Gasteiger partial charge in [-0.1, -0.05) is 28.1 Å². The first-order valence-electron chi connectivity index (χ1n) is 6.86. The van der Waals surface area contributed by atoms with Crippen LogP contribution in [0.3, 0.4) is 0 Å². The lowest BCUT2D eigenvalue weighted by molar-refractivity contribution is 0.0281. The number of nitrogens with one attached hydrogen (secondary N) is 2. The molecule has 1 atom stereocenters. The van der Waals surface area contributed by atoms with Crippen LogP contribution in [0.2, 0.25) is 0 Å². The van der Waals surface area contributed by atoms with Crippen LogP contribution in [0.15, 0.2) is 28.7 Å². The summed E-state index contributed by atoms with van der Waals surface area (Å²) in [4.78, 5) is 8.10. The number of halogens is 1. The highest BCUT2D eigenvalue weighted by molar-refractivity contribution is 9.10. The van der Waals surface area contributed by atoms with Gasteiger partial charge in [0.25, 0.3) is 0 Å². The molecular formula is C15H18BrN3O. The number of ether oxygens (including phenoxy) is 1. The molecule has 1 aromatic carbocycles. The molecule has 0 amide bonds. The fraction of sp³-hybridized carbons (Fsp3) is 0.400.